The van der Waals surface area contributed by atoms with E-state index in [1.165, 1.54) is 10.9 Å². The lowest BCUT2D eigenvalue weighted by Gasteiger charge is -2.18. The molecule has 6 nitrogen and oxygen atoms in total. The minimum absolute atomic E-state index is 0.0629. The van der Waals surface area contributed by atoms with Crippen LogP contribution in [0, 0.1) is 0 Å². The number of carboxylic acid groups (broad SMARTS) is 1. The Hall–Kier alpha value is -3.40. The third-order valence-corrected chi connectivity index (χ3v) is 4.93. The standard InChI is InChI=1S/C21H13BrF3N3O3/c22-14-9-10-18(17(11-14)28-26-15-3-1-2-4-16(15)27-28)31-19(20(29)30)12-5-7-13(8-6-12)21(23,24)25/h1-11,19H,(H,29,30). The Morgan fingerprint density at radius 3 is 2.16 bits per heavy atom. The molecular weight excluding hydrogens is 479 g/mol. The number of aromatic nitrogens is 3. The van der Waals surface area contributed by atoms with Gasteiger partial charge < -0.3 is 9.84 Å². The number of rotatable bonds is 5. The van der Waals surface area contributed by atoms with Crippen LogP contribution in [-0.4, -0.2) is 26.1 Å². The summed E-state index contributed by atoms with van der Waals surface area (Å²) in [6.45, 7) is 0. The molecule has 0 radical (unpaired) electrons. The molecular formula is C21H13BrF3N3O3. The van der Waals surface area contributed by atoms with Crippen LogP contribution >= 0.6 is 15.9 Å². The van der Waals surface area contributed by atoms with E-state index in [2.05, 4.69) is 26.1 Å². The second-order valence-corrected chi connectivity index (χ2v) is 7.46. The highest BCUT2D eigenvalue weighted by Gasteiger charge is 2.31. The second kappa shape index (κ2) is 8.03. The van der Waals surface area contributed by atoms with Gasteiger partial charge in [-0.3, -0.25) is 0 Å². The number of halogens is 4. The Morgan fingerprint density at radius 1 is 1.00 bits per heavy atom. The number of carbonyl (C=O) groups is 1. The van der Waals surface area contributed by atoms with Gasteiger partial charge in [-0.15, -0.1) is 15.0 Å². The highest BCUT2D eigenvalue weighted by atomic mass is 79.9. The van der Waals surface area contributed by atoms with Crippen molar-refractivity contribution < 1.29 is 27.8 Å². The lowest BCUT2D eigenvalue weighted by molar-refractivity contribution is -0.145. The van der Waals surface area contributed by atoms with Crippen molar-refractivity contribution in [3.8, 4) is 11.4 Å². The van der Waals surface area contributed by atoms with Crippen molar-refractivity contribution >= 4 is 32.9 Å². The molecule has 0 aliphatic heterocycles. The van der Waals surface area contributed by atoms with E-state index in [4.69, 9.17) is 4.74 Å². The summed E-state index contributed by atoms with van der Waals surface area (Å²) < 4.78 is 44.9. The number of hydrogen-bond acceptors (Lipinski definition) is 4. The SMILES string of the molecule is O=C(O)C(Oc1ccc(Br)cc1-n1nc2ccccc2n1)c1ccc(C(F)(F)F)cc1. The molecule has 0 aliphatic carbocycles. The highest BCUT2D eigenvalue weighted by Crippen LogP contribution is 2.33. The molecule has 10 heteroatoms. The molecule has 0 bridgehead atoms. The number of nitrogens with zero attached hydrogens (tertiary/aromatic N) is 3. The Labute approximate surface area is 182 Å². The van der Waals surface area contributed by atoms with Crippen LogP contribution in [-0.2, 0) is 11.0 Å². The molecule has 1 aromatic heterocycles. The number of alkyl halides is 3. The fourth-order valence-corrected chi connectivity index (χ4v) is 3.30. The van der Waals surface area contributed by atoms with Crippen molar-refractivity contribution in [2.75, 3.05) is 0 Å². The van der Waals surface area contributed by atoms with Gasteiger partial charge in [0.25, 0.3) is 0 Å². The molecule has 1 N–H and O–H groups in total. The molecule has 31 heavy (non-hydrogen) atoms. The number of fused-ring (bicyclic) bond motifs is 1. The maximum Gasteiger partial charge on any atom is 0.416 e. The van der Waals surface area contributed by atoms with Gasteiger partial charge >= 0.3 is 12.1 Å². The highest BCUT2D eigenvalue weighted by molar-refractivity contribution is 9.10. The van der Waals surface area contributed by atoms with Gasteiger partial charge in [-0.05, 0) is 42.5 Å². The number of ether oxygens (including phenoxy) is 1. The van der Waals surface area contributed by atoms with Crippen molar-refractivity contribution in [1.29, 1.82) is 0 Å². The monoisotopic (exact) mass is 491 g/mol. The van der Waals surface area contributed by atoms with E-state index >= 15 is 0 Å². The lowest BCUT2D eigenvalue weighted by Crippen LogP contribution is -2.19. The lowest BCUT2D eigenvalue weighted by atomic mass is 10.1. The zero-order valence-electron chi connectivity index (χ0n) is 15.5. The van der Waals surface area contributed by atoms with Gasteiger partial charge in [-0.2, -0.15) is 13.2 Å². The summed E-state index contributed by atoms with van der Waals surface area (Å²) in [6.07, 6.45) is -6.06. The normalized spacial score (nSPS) is 12.6. The predicted molar refractivity (Wildman–Crippen MR) is 109 cm³/mol. The largest absolute Gasteiger partial charge is 0.478 e. The van der Waals surface area contributed by atoms with Gasteiger partial charge in [-0.1, -0.05) is 40.2 Å². The summed E-state index contributed by atoms with van der Waals surface area (Å²) in [5.74, 6) is -1.21. The molecule has 0 saturated carbocycles. The van der Waals surface area contributed by atoms with Crippen molar-refractivity contribution in [1.82, 2.24) is 15.0 Å². The molecule has 158 valence electrons. The molecule has 0 aliphatic rings. The van der Waals surface area contributed by atoms with Crippen LogP contribution in [0.5, 0.6) is 5.75 Å². The number of benzene rings is 3. The van der Waals surface area contributed by atoms with Crippen molar-refractivity contribution in [3.05, 3.63) is 82.3 Å². The van der Waals surface area contributed by atoms with Gasteiger partial charge in [-0.25, -0.2) is 4.79 Å². The molecule has 0 amide bonds. The molecule has 0 fully saturated rings. The first-order valence-corrected chi connectivity index (χ1v) is 9.70. The summed E-state index contributed by atoms with van der Waals surface area (Å²) in [5, 5.41) is 18.4. The van der Waals surface area contributed by atoms with Gasteiger partial charge in [0.1, 0.15) is 22.5 Å². The van der Waals surface area contributed by atoms with Crippen LogP contribution in [0.4, 0.5) is 13.2 Å². The minimum atomic E-state index is -4.52. The summed E-state index contributed by atoms with van der Waals surface area (Å²) in [6, 6.07) is 15.8. The third-order valence-electron chi connectivity index (χ3n) is 4.43. The van der Waals surface area contributed by atoms with Gasteiger partial charge in [0.2, 0.25) is 6.10 Å². The van der Waals surface area contributed by atoms with Crippen molar-refractivity contribution in [2.24, 2.45) is 0 Å². The van der Waals surface area contributed by atoms with Crippen LogP contribution in [0.15, 0.2) is 71.2 Å². The first-order chi connectivity index (χ1) is 14.7. The van der Waals surface area contributed by atoms with E-state index in [9.17, 15) is 23.1 Å². The first-order valence-electron chi connectivity index (χ1n) is 8.91. The van der Waals surface area contributed by atoms with Crippen LogP contribution in [0.1, 0.15) is 17.2 Å². The quantitative estimate of drug-likeness (QED) is 0.404. The average molecular weight is 492 g/mol. The van der Waals surface area contributed by atoms with Crippen LogP contribution in [0.3, 0.4) is 0 Å². The van der Waals surface area contributed by atoms with Gasteiger partial charge in [0.15, 0.2) is 0 Å². The molecule has 0 saturated heterocycles. The van der Waals surface area contributed by atoms with E-state index in [-0.39, 0.29) is 11.3 Å². The summed E-state index contributed by atoms with van der Waals surface area (Å²) in [4.78, 5) is 13.2. The first kappa shape index (κ1) is 20.9. The minimum Gasteiger partial charge on any atom is -0.478 e. The molecule has 1 atom stereocenters. The van der Waals surface area contributed by atoms with Gasteiger partial charge in [0, 0.05) is 10.0 Å². The maximum absolute atomic E-state index is 12.8. The topological polar surface area (TPSA) is 77.2 Å². The Morgan fingerprint density at radius 2 is 1.61 bits per heavy atom. The summed E-state index contributed by atoms with van der Waals surface area (Å²) >= 11 is 3.36. The zero-order valence-corrected chi connectivity index (χ0v) is 17.1. The molecule has 4 rings (SSSR count). The van der Waals surface area contributed by atoms with E-state index < -0.39 is 23.8 Å². The van der Waals surface area contributed by atoms with E-state index in [1.807, 2.05) is 12.1 Å². The number of carboxylic acids is 1. The Bertz CT molecular complexity index is 1220. The average Bonchev–Trinajstić information content (AvgIpc) is 3.16. The third kappa shape index (κ3) is 4.38. The van der Waals surface area contributed by atoms with Crippen LogP contribution < -0.4 is 4.74 Å². The van der Waals surface area contributed by atoms with E-state index in [0.717, 1.165) is 24.3 Å². The predicted octanol–water partition coefficient (Wildman–Crippen LogP) is 5.41. The summed E-state index contributed by atoms with van der Waals surface area (Å²) in [7, 11) is 0. The smallest absolute Gasteiger partial charge is 0.416 e. The van der Waals surface area contributed by atoms with E-state index in [1.54, 1.807) is 24.3 Å². The molecule has 3 aromatic carbocycles. The van der Waals surface area contributed by atoms with E-state index in [0.29, 0.717) is 21.2 Å². The maximum atomic E-state index is 12.8. The molecule has 4 aromatic rings. The fraction of sp³-hybridized carbons (Fsp3) is 0.0952. The Kier molecular flexibility index (Phi) is 5.40. The van der Waals surface area contributed by atoms with Gasteiger partial charge in [0.05, 0.1) is 5.56 Å². The zero-order chi connectivity index (χ0) is 22.2. The molecule has 0 spiro atoms. The van der Waals surface area contributed by atoms with Crippen LogP contribution in [0.25, 0.3) is 16.7 Å². The number of aliphatic carboxylic acids is 1. The summed E-state index contributed by atoms with van der Waals surface area (Å²) in [5.41, 5.74) is 0.811. The van der Waals surface area contributed by atoms with Crippen molar-refractivity contribution in [3.63, 3.8) is 0 Å². The Balaban J connectivity index is 1.72. The number of hydrogen-bond donors (Lipinski definition) is 1. The fourth-order valence-electron chi connectivity index (χ4n) is 2.95. The van der Waals surface area contributed by atoms with Crippen LogP contribution in [0.2, 0.25) is 0 Å². The molecule has 1 heterocycles. The second-order valence-electron chi connectivity index (χ2n) is 6.55. The molecule has 1 unspecified atom stereocenters. The van der Waals surface area contributed by atoms with Crippen molar-refractivity contribution in [2.45, 2.75) is 12.3 Å².